The van der Waals surface area contributed by atoms with Gasteiger partial charge in [0, 0.05) is 22.8 Å². The molecule has 0 aliphatic heterocycles. The van der Waals surface area contributed by atoms with Crippen LogP contribution in [0.1, 0.15) is 11.1 Å². The number of halogens is 2. The Bertz CT molecular complexity index is 529. The predicted octanol–water partition coefficient (Wildman–Crippen LogP) is 3.90. The summed E-state index contributed by atoms with van der Waals surface area (Å²) in [6.07, 6.45) is 1.74. The minimum atomic E-state index is -0.200. The second-order valence-electron chi connectivity index (χ2n) is 3.76. The van der Waals surface area contributed by atoms with E-state index >= 15 is 0 Å². The number of hydrogen-bond donors (Lipinski definition) is 1. The molecule has 0 saturated carbocycles. The lowest BCUT2D eigenvalue weighted by Crippen LogP contribution is -2.03. The largest absolute Gasteiger partial charge is 0.366 e. The van der Waals surface area contributed by atoms with Crippen LogP contribution in [0.4, 0.5) is 10.2 Å². The standard InChI is InChI=1S/C13H12BrFN2/c1-9-6-13(17-8-11(9)14)16-7-10-4-2-3-5-12(10)15/h2-6,8H,7H2,1H3,(H,16,17). The van der Waals surface area contributed by atoms with Gasteiger partial charge in [-0.1, -0.05) is 18.2 Å². The molecule has 0 radical (unpaired) electrons. The van der Waals surface area contributed by atoms with Crippen LogP contribution in [0.15, 0.2) is 41.0 Å². The second kappa shape index (κ2) is 5.27. The first-order valence-electron chi connectivity index (χ1n) is 5.26. The zero-order chi connectivity index (χ0) is 12.3. The molecule has 0 unspecified atom stereocenters. The van der Waals surface area contributed by atoms with Gasteiger partial charge in [0.2, 0.25) is 0 Å². The highest BCUT2D eigenvalue weighted by atomic mass is 79.9. The first-order chi connectivity index (χ1) is 8.16. The van der Waals surface area contributed by atoms with Crippen molar-refractivity contribution in [2.45, 2.75) is 13.5 Å². The third-order valence-corrected chi connectivity index (χ3v) is 3.29. The van der Waals surface area contributed by atoms with E-state index in [9.17, 15) is 4.39 Å². The number of rotatable bonds is 3. The molecule has 0 spiro atoms. The predicted molar refractivity (Wildman–Crippen MR) is 70.4 cm³/mol. The smallest absolute Gasteiger partial charge is 0.128 e. The molecule has 1 N–H and O–H groups in total. The molecule has 0 aliphatic carbocycles. The Morgan fingerprint density at radius 1 is 1.35 bits per heavy atom. The molecular formula is C13H12BrFN2. The average Bonchev–Trinajstić information content (AvgIpc) is 2.32. The first kappa shape index (κ1) is 12.0. The van der Waals surface area contributed by atoms with Gasteiger partial charge >= 0.3 is 0 Å². The van der Waals surface area contributed by atoms with Crippen LogP contribution < -0.4 is 5.32 Å². The summed E-state index contributed by atoms with van der Waals surface area (Å²) < 4.78 is 14.3. The number of aromatic nitrogens is 1. The lowest BCUT2D eigenvalue weighted by molar-refractivity contribution is 0.613. The van der Waals surface area contributed by atoms with E-state index in [1.807, 2.05) is 19.1 Å². The SMILES string of the molecule is Cc1cc(NCc2ccccc2F)ncc1Br. The van der Waals surface area contributed by atoms with Gasteiger partial charge in [-0.15, -0.1) is 0 Å². The molecule has 2 aromatic rings. The molecule has 0 saturated heterocycles. The van der Waals surface area contributed by atoms with Crippen LogP contribution in [0, 0.1) is 12.7 Å². The lowest BCUT2D eigenvalue weighted by Gasteiger charge is -2.07. The monoisotopic (exact) mass is 294 g/mol. The topological polar surface area (TPSA) is 24.9 Å². The third-order valence-electron chi connectivity index (χ3n) is 2.46. The molecule has 2 rings (SSSR count). The summed E-state index contributed by atoms with van der Waals surface area (Å²) in [5.74, 6) is 0.544. The van der Waals surface area contributed by atoms with Crippen molar-refractivity contribution in [2.24, 2.45) is 0 Å². The Morgan fingerprint density at radius 3 is 2.82 bits per heavy atom. The van der Waals surface area contributed by atoms with E-state index in [0.29, 0.717) is 12.1 Å². The van der Waals surface area contributed by atoms with Crippen LogP contribution in [0.5, 0.6) is 0 Å². The summed E-state index contributed by atoms with van der Waals surface area (Å²) in [6.45, 7) is 2.42. The van der Waals surface area contributed by atoms with Crippen molar-refractivity contribution in [2.75, 3.05) is 5.32 Å². The lowest BCUT2D eigenvalue weighted by atomic mass is 10.2. The van der Waals surface area contributed by atoms with Crippen LogP contribution in [0.25, 0.3) is 0 Å². The van der Waals surface area contributed by atoms with Crippen molar-refractivity contribution in [3.63, 3.8) is 0 Å². The Balaban J connectivity index is 2.08. The average molecular weight is 295 g/mol. The molecule has 1 aromatic carbocycles. The molecule has 1 heterocycles. The van der Waals surface area contributed by atoms with Crippen molar-refractivity contribution < 1.29 is 4.39 Å². The highest BCUT2D eigenvalue weighted by molar-refractivity contribution is 9.10. The molecule has 88 valence electrons. The molecule has 1 aromatic heterocycles. The van der Waals surface area contributed by atoms with E-state index in [1.54, 1.807) is 18.3 Å². The minimum absolute atomic E-state index is 0.200. The van der Waals surface area contributed by atoms with E-state index in [0.717, 1.165) is 15.9 Å². The Kier molecular flexibility index (Phi) is 3.74. The number of hydrogen-bond acceptors (Lipinski definition) is 2. The van der Waals surface area contributed by atoms with Gasteiger partial charge in [0.1, 0.15) is 11.6 Å². The summed E-state index contributed by atoms with van der Waals surface area (Å²) in [7, 11) is 0. The fourth-order valence-electron chi connectivity index (χ4n) is 1.46. The Morgan fingerprint density at radius 2 is 2.12 bits per heavy atom. The molecule has 17 heavy (non-hydrogen) atoms. The number of nitrogens with zero attached hydrogens (tertiary/aromatic N) is 1. The van der Waals surface area contributed by atoms with Crippen LogP contribution >= 0.6 is 15.9 Å². The molecule has 0 atom stereocenters. The molecule has 4 heteroatoms. The van der Waals surface area contributed by atoms with Gasteiger partial charge in [0.25, 0.3) is 0 Å². The molecule has 0 aliphatic rings. The fourth-order valence-corrected chi connectivity index (χ4v) is 1.68. The molecule has 2 nitrogen and oxygen atoms in total. The molecule has 0 fully saturated rings. The van der Waals surface area contributed by atoms with Crippen LogP contribution in [-0.4, -0.2) is 4.98 Å². The summed E-state index contributed by atoms with van der Waals surface area (Å²) in [5, 5.41) is 3.10. The normalized spacial score (nSPS) is 10.3. The van der Waals surface area contributed by atoms with Crippen molar-refractivity contribution in [1.82, 2.24) is 4.98 Å². The minimum Gasteiger partial charge on any atom is -0.366 e. The maximum absolute atomic E-state index is 13.4. The zero-order valence-electron chi connectivity index (χ0n) is 9.37. The van der Waals surface area contributed by atoms with Crippen molar-refractivity contribution in [1.29, 1.82) is 0 Å². The summed E-state index contributed by atoms with van der Waals surface area (Å²) >= 11 is 3.39. The summed E-state index contributed by atoms with van der Waals surface area (Å²) in [5.41, 5.74) is 1.73. The second-order valence-corrected chi connectivity index (χ2v) is 4.62. The van der Waals surface area contributed by atoms with Crippen LogP contribution in [0.2, 0.25) is 0 Å². The number of pyridine rings is 1. The summed E-state index contributed by atoms with van der Waals surface area (Å²) in [4.78, 5) is 4.20. The van der Waals surface area contributed by atoms with Gasteiger partial charge in [-0.25, -0.2) is 9.37 Å². The van der Waals surface area contributed by atoms with Crippen LogP contribution in [-0.2, 0) is 6.54 Å². The van der Waals surface area contributed by atoms with Gasteiger partial charge in [-0.05, 0) is 40.5 Å². The van der Waals surface area contributed by atoms with Gasteiger partial charge in [0.15, 0.2) is 0 Å². The summed E-state index contributed by atoms with van der Waals surface area (Å²) in [6, 6.07) is 8.64. The Hall–Kier alpha value is -1.42. The quantitative estimate of drug-likeness (QED) is 0.928. The van der Waals surface area contributed by atoms with E-state index < -0.39 is 0 Å². The number of benzene rings is 1. The van der Waals surface area contributed by atoms with E-state index in [4.69, 9.17) is 0 Å². The molecule has 0 bridgehead atoms. The van der Waals surface area contributed by atoms with Crippen molar-refractivity contribution in [3.8, 4) is 0 Å². The molecule has 0 amide bonds. The van der Waals surface area contributed by atoms with Gasteiger partial charge in [-0.2, -0.15) is 0 Å². The van der Waals surface area contributed by atoms with Crippen molar-refractivity contribution in [3.05, 3.63) is 57.9 Å². The highest BCUT2D eigenvalue weighted by Gasteiger charge is 2.02. The highest BCUT2D eigenvalue weighted by Crippen LogP contribution is 2.18. The maximum atomic E-state index is 13.4. The van der Waals surface area contributed by atoms with Gasteiger partial charge < -0.3 is 5.32 Å². The number of aryl methyl sites for hydroxylation is 1. The maximum Gasteiger partial charge on any atom is 0.128 e. The van der Waals surface area contributed by atoms with E-state index in [1.165, 1.54) is 6.07 Å². The van der Waals surface area contributed by atoms with Crippen molar-refractivity contribution >= 4 is 21.7 Å². The Labute approximate surface area is 108 Å². The van der Waals surface area contributed by atoms with E-state index in [-0.39, 0.29) is 5.82 Å². The third kappa shape index (κ3) is 3.03. The zero-order valence-corrected chi connectivity index (χ0v) is 11.0. The first-order valence-corrected chi connectivity index (χ1v) is 6.05. The molecular weight excluding hydrogens is 283 g/mol. The number of nitrogens with one attached hydrogen (secondary N) is 1. The number of anilines is 1. The van der Waals surface area contributed by atoms with Gasteiger partial charge in [-0.3, -0.25) is 0 Å². The van der Waals surface area contributed by atoms with Crippen LogP contribution in [0.3, 0.4) is 0 Å². The van der Waals surface area contributed by atoms with Gasteiger partial charge in [0.05, 0.1) is 0 Å². The van der Waals surface area contributed by atoms with E-state index in [2.05, 4.69) is 26.2 Å². The fraction of sp³-hybridized carbons (Fsp3) is 0.154.